The van der Waals surface area contributed by atoms with Crippen molar-refractivity contribution in [2.45, 2.75) is 183 Å². The number of aliphatic hydroxyl groups is 6. The largest absolute Gasteiger partial charge is 0.507 e. The molecule has 3 saturated heterocycles. The van der Waals surface area contributed by atoms with Crippen molar-refractivity contribution in [2.75, 3.05) is 34.0 Å². The highest BCUT2D eigenvalue weighted by molar-refractivity contribution is 5.86. The Bertz CT molecular complexity index is 2100. The number of phenols is 1. The molecule has 0 saturated carbocycles. The summed E-state index contributed by atoms with van der Waals surface area (Å²) in [4.78, 5) is 26.1. The summed E-state index contributed by atoms with van der Waals surface area (Å²) in [5.74, 6) is -0.382. The fourth-order valence-corrected chi connectivity index (χ4v) is 8.76. The summed E-state index contributed by atoms with van der Waals surface area (Å²) in [6, 6.07) is 8.51. The summed E-state index contributed by atoms with van der Waals surface area (Å²) in [6.45, 7) is 0.956. The maximum atomic E-state index is 13.1. The molecule has 3 aliphatic rings. The van der Waals surface area contributed by atoms with Gasteiger partial charge in [0.05, 0.1) is 34.0 Å². The van der Waals surface area contributed by atoms with Crippen molar-refractivity contribution in [2.24, 2.45) is 0 Å². The van der Waals surface area contributed by atoms with E-state index in [1.54, 1.807) is 6.07 Å². The van der Waals surface area contributed by atoms with Crippen LogP contribution in [0.3, 0.4) is 0 Å². The number of hydrogen-bond donors (Lipinski definition) is 7. The highest BCUT2D eigenvalue weighted by Crippen LogP contribution is 2.38. The molecule has 1 aromatic heterocycles. The molecule has 4 heterocycles. The first kappa shape index (κ1) is 54.2. The second-order valence-corrected chi connectivity index (χ2v) is 18.1. The Hall–Kier alpha value is -4.12. The summed E-state index contributed by atoms with van der Waals surface area (Å²) in [7, 11) is 2.77. The molecule has 12 atom stereocenters. The van der Waals surface area contributed by atoms with Crippen LogP contribution in [0.5, 0.6) is 23.0 Å². The van der Waals surface area contributed by atoms with E-state index in [0.717, 1.165) is 25.7 Å². The van der Waals surface area contributed by atoms with Gasteiger partial charge in [-0.05, 0) is 24.6 Å². The molecule has 7 N–H and O–H groups in total. The Kier molecular flexibility index (Phi) is 21.1. The van der Waals surface area contributed by atoms with E-state index in [1.807, 2.05) is 0 Å². The molecule has 0 radical (unpaired) electrons. The van der Waals surface area contributed by atoms with Crippen molar-refractivity contribution in [3.8, 4) is 34.3 Å². The first-order valence-corrected chi connectivity index (χ1v) is 24.5. The van der Waals surface area contributed by atoms with E-state index in [4.69, 9.17) is 47.0 Å². The Balaban J connectivity index is 1.06. The van der Waals surface area contributed by atoms with Crippen molar-refractivity contribution in [3.63, 3.8) is 0 Å². The number of phenolic OH excluding ortho intramolecular Hbond substituents is 1. The Morgan fingerprint density at radius 2 is 1.12 bits per heavy atom. The average molecular weight is 977 g/mol. The number of ether oxygens (including phenoxy) is 9. The fourth-order valence-electron chi connectivity index (χ4n) is 8.76. The molecule has 0 bridgehead atoms. The number of rotatable bonds is 26. The molecule has 3 aromatic rings. The number of carbonyl (C=O) groups excluding carboxylic acids is 1. The quantitative estimate of drug-likeness (QED) is 0.0423. The Morgan fingerprint density at radius 3 is 1.67 bits per heavy atom. The average Bonchev–Trinajstić information content (AvgIpc) is 3.33. The van der Waals surface area contributed by atoms with Gasteiger partial charge in [-0.3, -0.25) is 9.59 Å². The minimum Gasteiger partial charge on any atom is -0.507 e. The van der Waals surface area contributed by atoms with Crippen LogP contribution in [0.4, 0.5) is 0 Å². The summed E-state index contributed by atoms with van der Waals surface area (Å²) in [5, 5.41) is 75.6. The molecular formula is C50H72O19. The van der Waals surface area contributed by atoms with Crippen LogP contribution in [0.15, 0.2) is 45.6 Å². The van der Waals surface area contributed by atoms with Gasteiger partial charge >= 0.3 is 5.97 Å². The van der Waals surface area contributed by atoms with Gasteiger partial charge in [0.2, 0.25) is 6.29 Å². The molecule has 19 heteroatoms. The van der Waals surface area contributed by atoms with Crippen LogP contribution >= 0.6 is 0 Å². The molecule has 0 spiro atoms. The molecule has 386 valence electrons. The molecule has 2 aromatic carbocycles. The molecule has 0 amide bonds. The monoisotopic (exact) mass is 976 g/mol. The van der Waals surface area contributed by atoms with E-state index in [2.05, 4.69) is 6.92 Å². The molecule has 69 heavy (non-hydrogen) atoms. The summed E-state index contributed by atoms with van der Waals surface area (Å²) < 4.78 is 58.0. The zero-order valence-corrected chi connectivity index (χ0v) is 39.9. The minimum absolute atomic E-state index is 0.0315. The van der Waals surface area contributed by atoms with E-state index < -0.39 is 98.4 Å². The molecule has 3 aliphatic heterocycles. The smallest absolute Gasteiger partial charge is 0.306 e. The van der Waals surface area contributed by atoms with E-state index in [0.29, 0.717) is 12.0 Å². The molecule has 0 unspecified atom stereocenters. The van der Waals surface area contributed by atoms with Gasteiger partial charge in [0.15, 0.2) is 41.7 Å². The number of unbranched alkanes of at least 4 members (excludes halogenated alkanes) is 14. The number of aliphatic hydroxyl groups excluding tert-OH is 6. The lowest BCUT2D eigenvalue weighted by atomic mass is 10.0. The van der Waals surface area contributed by atoms with Crippen molar-refractivity contribution >= 4 is 16.9 Å². The second-order valence-electron chi connectivity index (χ2n) is 18.1. The molecule has 3 fully saturated rings. The molecule has 6 rings (SSSR count). The maximum absolute atomic E-state index is 13.1. The zero-order valence-electron chi connectivity index (χ0n) is 39.9. The van der Waals surface area contributed by atoms with Crippen LogP contribution in [0, 0.1) is 0 Å². The van der Waals surface area contributed by atoms with Crippen LogP contribution in [-0.2, 0) is 33.2 Å². The number of carbonyl (C=O) groups is 1. The third-order valence-corrected chi connectivity index (χ3v) is 12.8. The van der Waals surface area contributed by atoms with Crippen LogP contribution in [0.1, 0.15) is 110 Å². The van der Waals surface area contributed by atoms with Crippen LogP contribution in [0.25, 0.3) is 22.3 Å². The summed E-state index contributed by atoms with van der Waals surface area (Å²) in [6.07, 6.45) is -1.35. The first-order valence-electron chi connectivity index (χ1n) is 24.5. The highest BCUT2D eigenvalue weighted by Gasteiger charge is 2.51. The van der Waals surface area contributed by atoms with E-state index >= 15 is 0 Å². The maximum Gasteiger partial charge on any atom is 0.306 e. The first-order chi connectivity index (χ1) is 33.3. The number of hydrogen-bond acceptors (Lipinski definition) is 19. The van der Waals surface area contributed by atoms with E-state index in [1.165, 1.54) is 109 Å². The van der Waals surface area contributed by atoms with Crippen molar-refractivity contribution in [1.29, 1.82) is 0 Å². The van der Waals surface area contributed by atoms with Crippen molar-refractivity contribution < 1.29 is 87.6 Å². The van der Waals surface area contributed by atoms with Gasteiger partial charge in [0, 0.05) is 30.2 Å². The van der Waals surface area contributed by atoms with Crippen molar-refractivity contribution in [3.05, 3.63) is 46.6 Å². The third kappa shape index (κ3) is 14.7. The van der Waals surface area contributed by atoms with Gasteiger partial charge in [0.25, 0.3) is 0 Å². The lowest BCUT2D eigenvalue weighted by Crippen LogP contribution is -2.63. The summed E-state index contributed by atoms with van der Waals surface area (Å²) >= 11 is 0. The van der Waals surface area contributed by atoms with Gasteiger partial charge < -0.3 is 82.8 Å². The van der Waals surface area contributed by atoms with Crippen molar-refractivity contribution in [1.82, 2.24) is 0 Å². The molecule has 19 nitrogen and oxygen atoms in total. The lowest BCUT2D eigenvalue weighted by molar-refractivity contribution is -0.367. The van der Waals surface area contributed by atoms with Gasteiger partial charge in [0.1, 0.15) is 71.0 Å². The fraction of sp³-hybridized carbons (Fsp3) is 0.680. The van der Waals surface area contributed by atoms with E-state index in [9.17, 15) is 45.3 Å². The third-order valence-electron chi connectivity index (χ3n) is 12.8. The van der Waals surface area contributed by atoms with Gasteiger partial charge in [-0.2, -0.15) is 0 Å². The predicted octanol–water partition coefficient (Wildman–Crippen LogP) is 4.74. The number of benzene rings is 2. The predicted molar refractivity (Wildman–Crippen MR) is 248 cm³/mol. The lowest BCUT2D eigenvalue weighted by Gasteiger charge is -2.45. The Labute approximate surface area is 402 Å². The second kappa shape index (κ2) is 26.9. The minimum atomic E-state index is -1.72. The summed E-state index contributed by atoms with van der Waals surface area (Å²) in [5.41, 5.74) is -0.0507. The Morgan fingerprint density at radius 1 is 0.609 bits per heavy atom. The highest BCUT2D eigenvalue weighted by atomic mass is 16.8. The van der Waals surface area contributed by atoms with Crippen LogP contribution in [-0.4, -0.2) is 150 Å². The zero-order chi connectivity index (χ0) is 49.5. The number of esters is 1. The normalized spacial score (nSPS) is 28.4. The van der Waals surface area contributed by atoms with E-state index in [-0.39, 0.29) is 52.8 Å². The number of methoxy groups -OCH3 is 2. The van der Waals surface area contributed by atoms with Gasteiger partial charge in [-0.15, -0.1) is 0 Å². The number of aromatic hydroxyl groups is 1. The van der Waals surface area contributed by atoms with Gasteiger partial charge in [-0.25, -0.2) is 0 Å². The standard InChI is InChI=1S/C50H72O19/c1-4-5-6-7-8-9-10-11-12-13-14-15-16-17-18-19-40(56)67-45-42(57)33(53)27-63-49(45)69-47-44(59)35(55)28-64-50(47)68-46-43(58)34(54)26-62-48(46)66-36-21-20-29(22-38(36)61-3)37-25-32(52)41-31(51)23-30(60-2)24-39(41)65-37/h20-25,33-35,42-51,53-55,57-59H,4-19,26-28H2,1-3H3/t33-,34-,35-,42+,43+,44+,45-,46-,47-,48+,49+,50+/m1/s1. The molecular weight excluding hydrogens is 905 g/mol. The topological polar surface area (TPSA) is 272 Å². The van der Waals surface area contributed by atoms with Crippen LogP contribution in [0.2, 0.25) is 0 Å². The SMILES string of the molecule is CCCCCCCCCCCCCCCCCC(=O)O[C@H]1[C@H](O[C@H]2[C@H](O[C@H]3[C@H](Oc4ccc(-c5cc(=O)c6c(O)cc(OC)cc6o5)cc4OC)OC[C@@H](O)[C@@H]3O)OC[C@@H](O)[C@@H]2O)OC[C@@H](O)[C@@H]1O. The van der Waals surface area contributed by atoms with Crippen LogP contribution < -0.4 is 19.6 Å². The number of fused-ring (bicyclic) bond motifs is 1. The molecule has 0 aliphatic carbocycles. The van der Waals surface area contributed by atoms with Gasteiger partial charge in [-0.1, -0.05) is 96.8 Å².